The number of amides is 1. The second-order valence-corrected chi connectivity index (χ2v) is 8.43. The third kappa shape index (κ3) is 5.91. The Bertz CT molecular complexity index is 1110. The molecule has 30 heavy (non-hydrogen) atoms. The quantitative estimate of drug-likeness (QED) is 0.325. The van der Waals surface area contributed by atoms with Gasteiger partial charge in [-0.2, -0.15) is 5.10 Å². The Balaban J connectivity index is 1.71. The summed E-state index contributed by atoms with van der Waals surface area (Å²) in [6.45, 7) is 0.0405. The van der Waals surface area contributed by atoms with Crippen LogP contribution in [-0.2, 0) is 17.9 Å². The SMILES string of the molecule is Nc1nnnn1CC(=O)N/N=C\c1cc(Br)cc(Br)c1OCc1ccc(Cl)cc1Cl. The maximum absolute atomic E-state index is 12.0. The smallest absolute Gasteiger partial charge is 0.261 e. The van der Waals surface area contributed by atoms with E-state index in [1.165, 1.54) is 6.21 Å². The van der Waals surface area contributed by atoms with E-state index >= 15 is 0 Å². The van der Waals surface area contributed by atoms with Crippen molar-refractivity contribution in [2.75, 3.05) is 5.73 Å². The maximum Gasteiger partial charge on any atom is 0.261 e. The van der Waals surface area contributed by atoms with Gasteiger partial charge in [0.05, 0.1) is 10.7 Å². The molecule has 1 amide bonds. The van der Waals surface area contributed by atoms with Crippen LogP contribution >= 0.6 is 55.1 Å². The molecule has 9 nitrogen and oxygen atoms in total. The van der Waals surface area contributed by atoms with Crippen LogP contribution in [0, 0.1) is 0 Å². The number of carbonyl (C=O) groups is 1. The average molecular weight is 578 g/mol. The van der Waals surface area contributed by atoms with Crippen LogP contribution in [0.1, 0.15) is 11.1 Å². The molecule has 0 radical (unpaired) electrons. The van der Waals surface area contributed by atoms with Crippen LogP contribution in [0.3, 0.4) is 0 Å². The van der Waals surface area contributed by atoms with Gasteiger partial charge in [0.1, 0.15) is 18.9 Å². The van der Waals surface area contributed by atoms with Crippen LogP contribution in [0.4, 0.5) is 5.95 Å². The van der Waals surface area contributed by atoms with Crippen molar-refractivity contribution in [1.29, 1.82) is 0 Å². The summed E-state index contributed by atoms with van der Waals surface area (Å²) in [6, 6.07) is 8.79. The molecule has 2 aromatic carbocycles. The average Bonchev–Trinajstić information content (AvgIpc) is 3.07. The lowest BCUT2D eigenvalue weighted by molar-refractivity contribution is -0.121. The summed E-state index contributed by atoms with van der Waals surface area (Å²) >= 11 is 19.0. The van der Waals surface area contributed by atoms with Gasteiger partial charge in [0.2, 0.25) is 5.95 Å². The Morgan fingerprint density at radius 3 is 2.80 bits per heavy atom. The summed E-state index contributed by atoms with van der Waals surface area (Å²) in [4.78, 5) is 12.0. The topological polar surface area (TPSA) is 120 Å². The van der Waals surface area contributed by atoms with Crippen molar-refractivity contribution in [2.45, 2.75) is 13.2 Å². The van der Waals surface area contributed by atoms with Crippen molar-refractivity contribution >= 4 is 73.1 Å². The number of nitrogens with one attached hydrogen (secondary N) is 1. The van der Waals surface area contributed by atoms with Gasteiger partial charge < -0.3 is 10.5 Å². The molecule has 3 aromatic rings. The number of ether oxygens (including phenoxy) is 1. The van der Waals surface area contributed by atoms with E-state index in [0.717, 1.165) is 14.7 Å². The first kappa shape index (κ1) is 22.5. The number of nitrogens with two attached hydrogens (primary N) is 1. The van der Waals surface area contributed by atoms with Crippen molar-refractivity contribution in [3.05, 3.63) is 60.4 Å². The van der Waals surface area contributed by atoms with Crippen molar-refractivity contribution in [3.8, 4) is 5.75 Å². The van der Waals surface area contributed by atoms with Crippen molar-refractivity contribution in [2.24, 2.45) is 5.10 Å². The van der Waals surface area contributed by atoms with E-state index in [2.05, 4.69) is 57.9 Å². The van der Waals surface area contributed by atoms with E-state index < -0.39 is 5.91 Å². The predicted octanol–water partition coefficient (Wildman–Crippen LogP) is 3.82. The molecule has 1 heterocycles. The third-order valence-corrected chi connectivity index (χ3v) is 5.30. The van der Waals surface area contributed by atoms with E-state index in [9.17, 15) is 4.79 Å². The molecule has 0 aliphatic carbocycles. The molecule has 0 fully saturated rings. The van der Waals surface area contributed by atoms with Gasteiger partial charge in [0.15, 0.2) is 0 Å². The molecule has 0 saturated heterocycles. The van der Waals surface area contributed by atoms with Crippen LogP contribution < -0.4 is 15.9 Å². The molecule has 3 rings (SSSR count). The zero-order valence-electron chi connectivity index (χ0n) is 15.0. The number of hydrazone groups is 1. The zero-order valence-corrected chi connectivity index (χ0v) is 19.7. The van der Waals surface area contributed by atoms with E-state index in [-0.39, 0.29) is 19.1 Å². The third-order valence-electron chi connectivity index (χ3n) is 3.67. The van der Waals surface area contributed by atoms with Gasteiger partial charge in [-0.3, -0.25) is 4.79 Å². The Hall–Kier alpha value is -2.21. The second kappa shape index (κ2) is 10.2. The number of hydrogen-bond donors (Lipinski definition) is 2. The number of nitrogen functional groups attached to an aromatic ring is 1. The summed E-state index contributed by atoms with van der Waals surface area (Å²) in [5.41, 5.74) is 9.30. The number of hydrogen-bond acceptors (Lipinski definition) is 7. The van der Waals surface area contributed by atoms with Crippen molar-refractivity contribution in [3.63, 3.8) is 0 Å². The fraction of sp³-hybridized carbons (Fsp3) is 0.118. The van der Waals surface area contributed by atoms with Crippen LogP contribution in [0.25, 0.3) is 0 Å². The minimum atomic E-state index is -0.449. The summed E-state index contributed by atoms with van der Waals surface area (Å²) in [6.07, 6.45) is 1.45. The first-order chi connectivity index (χ1) is 14.3. The lowest BCUT2D eigenvalue weighted by Crippen LogP contribution is -2.24. The highest BCUT2D eigenvalue weighted by Crippen LogP contribution is 2.33. The number of nitrogens with zero attached hydrogens (tertiary/aromatic N) is 5. The molecular weight excluding hydrogens is 565 g/mol. The lowest BCUT2D eigenvalue weighted by atomic mass is 10.2. The summed E-state index contributed by atoms with van der Waals surface area (Å²) in [5, 5.41) is 15.5. The van der Waals surface area contributed by atoms with Crippen LogP contribution in [0.2, 0.25) is 10.0 Å². The second-order valence-electron chi connectivity index (χ2n) is 5.82. The van der Waals surface area contributed by atoms with E-state index in [4.69, 9.17) is 33.7 Å². The molecule has 13 heteroatoms. The lowest BCUT2D eigenvalue weighted by Gasteiger charge is -2.13. The number of aromatic nitrogens is 4. The first-order valence-corrected chi connectivity index (χ1v) is 10.6. The molecular formula is C17H13Br2Cl2N7O2. The first-order valence-electron chi connectivity index (χ1n) is 8.23. The van der Waals surface area contributed by atoms with Crippen LogP contribution in [0.15, 0.2) is 44.4 Å². The highest BCUT2D eigenvalue weighted by atomic mass is 79.9. The predicted molar refractivity (Wildman–Crippen MR) is 121 cm³/mol. The fourth-order valence-electron chi connectivity index (χ4n) is 2.29. The summed E-state index contributed by atoms with van der Waals surface area (Å²) in [7, 11) is 0. The number of halogens is 4. The normalized spacial score (nSPS) is 11.1. The van der Waals surface area contributed by atoms with Gasteiger partial charge in [-0.05, 0) is 50.6 Å². The molecule has 3 N–H and O–H groups in total. The molecule has 0 atom stereocenters. The Morgan fingerprint density at radius 2 is 2.10 bits per heavy atom. The highest BCUT2D eigenvalue weighted by Gasteiger charge is 2.12. The molecule has 0 saturated carbocycles. The van der Waals surface area contributed by atoms with Gasteiger partial charge >= 0.3 is 0 Å². The van der Waals surface area contributed by atoms with Gasteiger partial charge in [-0.15, -0.1) is 0 Å². The maximum atomic E-state index is 12.0. The van der Waals surface area contributed by atoms with Gasteiger partial charge in [0.25, 0.3) is 5.91 Å². The van der Waals surface area contributed by atoms with E-state index in [1.807, 2.05) is 6.07 Å². The van der Waals surface area contributed by atoms with Gasteiger partial charge in [0, 0.05) is 25.6 Å². The number of tetrazole rings is 1. The Labute approximate surface area is 197 Å². The molecule has 156 valence electrons. The van der Waals surface area contributed by atoms with Crippen molar-refractivity contribution in [1.82, 2.24) is 25.6 Å². The Morgan fingerprint density at radius 1 is 1.30 bits per heavy atom. The molecule has 1 aromatic heterocycles. The number of rotatable bonds is 7. The van der Waals surface area contributed by atoms with E-state index in [0.29, 0.717) is 25.8 Å². The van der Waals surface area contributed by atoms with Crippen molar-refractivity contribution < 1.29 is 9.53 Å². The fourth-order valence-corrected chi connectivity index (χ4v) is 4.12. The standard InChI is InChI=1S/C17H13Br2Cl2N7O2/c18-11-3-10(6-23-24-15(29)7-28-17(22)25-26-27-28)16(13(19)4-11)30-8-9-1-2-12(20)5-14(9)21/h1-6H,7-8H2,(H,24,29)(H2,22,25,27)/b23-6-. The van der Waals surface area contributed by atoms with Crippen LogP contribution in [0.5, 0.6) is 5.75 Å². The van der Waals surface area contributed by atoms with Gasteiger partial charge in [-0.1, -0.05) is 50.3 Å². The molecule has 0 unspecified atom stereocenters. The highest BCUT2D eigenvalue weighted by molar-refractivity contribution is 9.11. The molecule has 0 bridgehead atoms. The zero-order chi connectivity index (χ0) is 21.7. The largest absolute Gasteiger partial charge is 0.487 e. The Kier molecular flexibility index (Phi) is 7.64. The summed E-state index contributed by atoms with van der Waals surface area (Å²) in [5.74, 6) is 0.100. The molecule has 0 spiro atoms. The number of anilines is 1. The van der Waals surface area contributed by atoms with E-state index in [1.54, 1.807) is 24.3 Å². The van der Waals surface area contributed by atoms with Crippen LogP contribution in [-0.4, -0.2) is 32.3 Å². The molecule has 0 aliphatic heterocycles. The minimum Gasteiger partial charge on any atom is -0.487 e. The number of carbonyl (C=O) groups excluding carboxylic acids is 1. The summed E-state index contributed by atoms with van der Waals surface area (Å²) < 4.78 is 8.57. The monoisotopic (exact) mass is 575 g/mol. The van der Waals surface area contributed by atoms with Gasteiger partial charge in [-0.25, -0.2) is 10.1 Å². The molecule has 0 aliphatic rings. The number of benzene rings is 2. The minimum absolute atomic E-state index is 0.0293.